The number of alkyl halides is 1. The fourth-order valence-electron chi connectivity index (χ4n) is 2.87. The molecular weight excluding hydrogens is 280 g/mol. The Morgan fingerprint density at radius 3 is 2.00 bits per heavy atom. The fourth-order valence-corrected chi connectivity index (χ4v) is 3.21. The van der Waals surface area contributed by atoms with Crippen molar-refractivity contribution < 1.29 is 5.11 Å². The lowest BCUT2D eigenvalue weighted by Gasteiger charge is -2.27. The standard InChI is InChI=1S/C19H31ClO/c1-2-3-4-5-6-7-8-12-15-19(20,16-17-21)18-13-10-9-11-14-18/h9-11,13-14,21H,2-8,12,15-17H2,1H3. The summed E-state index contributed by atoms with van der Waals surface area (Å²) in [5, 5.41) is 9.30. The molecule has 1 nitrogen and oxygen atoms in total. The summed E-state index contributed by atoms with van der Waals surface area (Å²) in [5.74, 6) is 0. The maximum absolute atomic E-state index is 9.30. The van der Waals surface area contributed by atoms with Crippen LogP contribution >= 0.6 is 11.6 Å². The third-order valence-electron chi connectivity index (χ3n) is 4.23. The summed E-state index contributed by atoms with van der Waals surface area (Å²) in [5.41, 5.74) is 1.14. The van der Waals surface area contributed by atoms with E-state index < -0.39 is 4.87 Å². The lowest BCUT2D eigenvalue weighted by Crippen LogP contribution is -2.20. The van der Waals surface area contributed by atoms with E-state index in [1.54, 1.807) is 0 Å². The summed E-state index contributed by atoms with van der Waals surface area (Å²) in [6, 6.07) is 10.2. The maximum Gasteiger partial charge on any atom is 0.0716 e. The zero-order valence-electron chi connectivity index (χ0n) is 13.5. The van der Waals surface area contributed by atoms with Crippen LogP contribution in [-0.2, 0) is 4.87 Å². The Morgan fingerprint density at radius 2 is 1.43 bits per heavy atom. The molecule has 0 aliphatic carbocycles. The molecule has 0 bridgehead atoms. The van der Waals surface area contributed by atoms with Crippen LogP contribution in [0.25, 0.3) is 0 Å². The highest BCUT2D eigenvalue weighted by Crippen LogP contribution is 2.37. The van der Waals surface area contributed by atoms with Gasteiger partial charge in [-0.15, -0.1) is 11.6 Å². The Kier molecular flexibility index (Phi) is 9.78. The molecule has 0 aromatic heterocycles. The highest BCUT2D eigenvalue weighted by atomic mass is 35.5. The van der Waals surface area contributed by atoms with Crippen molar-refractivity contribution in [2.24, 2.45) is 0 Å². The number of halogens is 1. The molecule has 0 saturated heterocycles. The van der Waals surface area contributed by atoms with Crippen LogP contribution in [0.4, 0.5) is 0 Å². The van der Waals surface area contributed by atoms with Crippen LogP contribution in [0.15, 0.2) is 30.3 Å². The molecule has 0 heterocycles. The van der Waals surface area contributed by atoms with Gasteiger partial charge in [0.15, 0.2) is 0 Å². The summed E-state index contributed by atoms with van der Waals surface area (Å²) in [7, 11) is 0. The molecule has 2 heteroatoms. The predicted octanol–water partition coefficient (Wildman–Crippen LogP) is 6.03. The number of unbranched alkanes of at least 4 members (excludes halogenated alkanes) is 7. The molecule has 21 heavy (non-hydrogen) atoms. The van der Waals surface area contributed by atoms with Crippen LogP contribution in [0.1, 0.15) is 76.7 Å². The second-order valence-corrected chi connectivity index (χ2v) is 6.75. The molecule has 0 spiro atoms. The normalized spacial score (nSPS) is 14.0. The van der Waals surface area contributed by atoms with Crippen LogP contribution in [0.5, 0.6) is 0 Å². The van der Waals surface area contributed by atoms with Crippen molar-refractivity contribution in [1.82, 2.24) is 0 Å². The summed E-state index contributed by atoms with van der Waals surface area (Å²) < 4.78 is 0. The molecule has 0 amide bonds. The van der Waals surface area contributed by atoms with Gasteiger partial charge in [0.05, 0.1) is 4.87 Å². The van der Waals surface area contributed by atoms with Gasteiger partial charge in [0.25, 0.3) is 0 Å². The average Bonchev–Trinajstić information content (AvgIpc) is 2.51. The SMILES string of the molecule is CCCCCCCCCCC(Cl)(CCO)c1ccccc1. The first kappa shape index (κ1) is 18.5. The Bertz CT molecular complexity index is 352. The van der Waals surface area contributed by atoms with Crippen molar-refractivity contribution in [2.75, 3.05) is 6.61 Å². The van der Waals surface area contributed by atoms with Crippen LogP contribution in [0.3, 0.4) is 0 Å². The first-order valence-corrected chi connectivity index (χ1v) is 8.96. The summed E-state index contributed by atoms with van der Waals surface area (Å²) in [4.78, 5) is -0.391. The van der Waals surface area contributed by atoms with Gasteiger partial charge in [-0.25, -0.2) is 0 Å². The van der Waals surface area contributed by atoms with Gasteiger partial charge in [0, 0.05) is 6.61 Å². The van der Waals surface area contributed by atoms with E-state index in [0.717, 1.165) is 18.4 Å². The maximum atomic E-state index is 9.30. The number of aliphatic hydroxyl groups is 1. The molecule has 0 radical (unpaired) electrons. The number of hydrogen-bond donors (Lipinski definition) is 1. The van der Waals surface area contributed by atoms with E-state index in [1.165, 1.54) is 44.9 Å². The fraction of sp³-hybridized carbons (Fsp3) is 0.684. The van der Waals surface area contributed by atoms with E-state index in [1.807, 2.05) is 18.2 Å². The zero-order chi connectivity index (χ0) is 15.4. The van der Waals surface area contributed by atoms with Crippen LogP contribution in [0, 0.1) is 0 Å². The molecule has 1 unspecified atom stereocenters. The minimum absolute atomic E-state index is 0.148. The van der Waals surface area contributed by atoms with Crippen molar-refractivity contribution in [1.29, 1.82) is 0 Å². The molecular formula is C19H31ClO. The Morgan fingerprint density at radius 1 is 0.857 bits per heavy atom. The van der Waals surface area contributed by atoms with Crippen LogP contribution in [-0.4, -0.2) is 11.7 Å². The Hall–Kier alpha value is -0.530. The molecule has 0 aliphatic rings. The Balaban J connectivity index is 2.29. The molecule has 1 N–H and O–H groups in total. The van der Waals surface area contributed by atoms with Crippen molar-refractivity contribution in [3.63, 3.8) is 0 Å². The number of hydrogen-bond acceptors (Lipinski definition) is 1. The quantitative estimate of drug-likeness (QED) is 0.369. The average molecular weight is 311 g/mol. The molecule has 0 saturated carbocycles. The van der Waals surface area contributed by atoms with Crippen molar-refractivity contribution >= 4 is 11.6 Å². The first-order valence-electron chi connectivity index (χ1n) is 8.58. The van der Waals surface area contributed by atoms with Gasteiger partial charge < -0.3 is 5.11 Å². The van der Waals surface area contributed by atoms with E-state index in [2.05, 4.69) is 19.1 Å². The number of benzene rings is 1. The van der Waals surface area contributed by atoms with Crippen molar-refractivity contribution in [3.8, 4) is 0 Å². The van der Waals surface area contributed by atoms with Gasteiger partial charge in [-0.1, -0.05) is 88.6 Å². The molecule has 1 rings (SSSR count). The van der Waals surface area contributed by atoms with Crippen LogP contribution < -0.4 is 0 Å². The zero-order valence-corrected chi connectivity index (χ0v) is 14.2. The van der Waals surface area contributed by atoms with Crippen LogP contribution in [0.2, 0.25) is 0 Å². The van der Waals surface area contributed by atoms with Gasteiger partial charge in [0.1, 0.15) is 0 Å². The topological polar surface area (TPSA) is 20.2 Å². The van der Waals surface area contributed by atoms with Gasteiger partial charge >= 0.3 is 0 Å². The highest BCUT2D eigenvalue weighted by molar-refractivity contribution is 6.24. The smallest absolute Gasteiger partial charge is 0.0716 e. The monoisotopic (exact) mass is 310 g/mol. The number of aliphatic hydroxyl groups excluding tert-OH is 1. The Labute approximate surface area is 135 Å². The lowest BCUT2D eigenvalue weighted by molar-refractivity contribution is 0.260. The second-order valence-electron chi connectivity index (χ2n) is 6.03. The predicted molar refractivity (Wildman–Crippen MR) is 92.9 cm³/mol. The summed E-state index contributed by atoms with van der Waals surface area (Å²) in [6.07, 6.45) is 12.1. The minimum Gasteiger partial charge on any atom is -0.396 e. The molecule has 1 aromatic carbocycles. The minimum atomic E-state index is -0.391. The molecule has 120 valence electrons. The first-order chi connectivity index (χ1) is 10.2. The van der Waals surface area contributed by atoms with Gasteiger partial charge in [0.2, 0.25) is 0 Å². The van der Waals surface area contributed by atoms with Crippen molar-refractivity contribution in [2.45, 2.75) is 76.0 Å². The number of rotatable bonds is 12. The van der Waals surface area contributed by atoms with Gasteiger partial charge in [-0.2, -0.15) is 0 Å². The van der Waals surface area contributed by atoms with E-state index in [4.69, 9.17) is 11.6 Å². The molecule has 0 fully saturated rings. The lowest BCUT2D eigenvalue weighted by atomic mass is 9.89. The third-order valence-corrected chi connectivity index (χ3v) is 4.82. The van der Waals surface area contributed by atoms with E-state index >= 15 is 0 Å². The van der Waals surface area contributed by atoms with E-state index in [0.29, 0.717) is 6.42 Å². The largest absolute Gasteiger partial charge is 0.396 e. The highest BCUT2D eigenvalue weighted by Gasteiger charge is 2.28. The molecule has 1 atom stereocenters. The van der Waals surface area contributed by atoms with E-state index in [-0.39, 0.29) is 6.61 Å². The molecule has 1 aromatic rings. The van der Waals surface area contributed by atoms with Gasteiger partial charge in [-0.3, -0.25) is 0 Å². The molecule has 0 aliphatic heterocycles. The summed E-state index contributed by atoms with van der Waals surface area (Å²) in [6.45, 7) is 2.40. The second kappa shape index (κ2) is 11.1. The summed E-state index contributed by atoms with van der Waals surface area (Å²) >= 11 is 6.79. The third kappa shape index (κ3) is 7.33. The van der Waals surface area contributed by atoms with Gasteiger partial charge in [-0.05, 0) is 18.4 Å². The van der Waals surface area contributed by atoms with Crippen molar-refractivity contribution in [3.05, 3.63) is 35.9 Å². The van der Waals surface area contributed by atoms with E-state index in [9.17, 15) is 5.11 Å².